The lowest BCUT2D eigenvalue weighted by molar-refractivity contribution is -0.276. The molecule has 1 aromatic heterocycles. The third-order valence-corrected chi connectivity index (χ3v) is 2.82. The lowest BCUT2D eigenvalue weighted by atomic mass is 10.2. The first kappa shape index (κ1) is 13.8. The Kier molecular flexibility index (Phi) is 4.62. The number of halogens is 5. The number of alkyl halides is 4. The van der Waals surface area contributed by atoms with Gasteiger partial charge >= 0.3 is 6.36 Å². The van der Waals surface area contributed by atoms with E-state index in [0.29, 0.717) is 3.57 Å². The summed E-state index contributed by atoms with van der Waals surface area (Å²) in [5.74, 6) is -0.763. The fraction of sp³-hybridized carbons (Fsp3) is 0.375. The Morgan fingerprint density at radius 2 is 2.12 bits per heavy atom. The maximum atomic E-state index is 12.1. The van der Waals surface area contributed by atoms with Gasteiger partial charge in [-0.15, -0.1) is 24.8 Å². The Balaban J connectivity index is 3.18. The monoisotopic (exact) mass is 367 g/mol. The van der Waals surface area contributed by atoms with Crippen LogP contribution in [0.2, 0.25) is 0 Å². The van der Waals surface area contributed by atoms with Crippen LogP contribution >= 0.6 is 34.2 Å². The number of rotatable bonds is 3. The molecule has 0 amide bonds. The lowest BCUT2D eigenvalue weighted by Crippen LogP contribution is -2.19. The van der Waals surface area contributed by atoms with Crippen LogP contribution in [0.4, 0.5) is 13.2 Å². The molecule has 16 heavy (non-hydrogen) atoms. The molecule has 3 nitrogen and oxygen atoms in total. The Morgan fingerprint density at radius 3 is 2.56 bits per heavy atom. The SMILES string of the molecule is OCc1cc(I)c(CCl)c(OC(F)(F)F)n1. The Hall–Kier alpha value is -0.280. The van der Waals surface area contributed by atoms with Gasteiger partial charge in [0.1, 0.15) is 0 Å². The molecule has 0 aromatic carbocycles. The van der Waals surface area contributed by atoms with Crippen molar-refractivity contribution in [1.82, 2.24) is 4.98 Å². The zero-order chi connectivity index (χ0) is 12.3. The molecule has 1 heterocycles. The normalized spacial score (nSPS) is 11.6. The van der Waals surface area contributed by atoms with Gasteiger partial charge < -0.3 is 9.84 Å². The minimum Gasteiger partial charge on any atom is -0.390 e. The first-order chi connectivity index (χ1) is 7.37. The summed E-state index contributed by atoms with van der Waals surface area (Å²) in [6.07, 6.45) is -4.83. The fourth-order valence-corrected chi connectivity index (χ4v) is 2.23. The molecule has 0 bridgehead atoms. The van der Waals surface area contributed by atoms with Crippen molar-refractivity contribution in [3.8, 4) is 5.88 Å². The van der Waals surface area contributed by atoms with E-state index in [9.17, 15) is 13.2 Å². The number of aliphatic hydroxyl groups excluding tert-OH is 1. The maximum Gasteiger partial charge on any atom is 0.574 e. The van der Waals surface area contributed by atoms with Crippen LogP contribution < -0.4 is 4.74 Å². The number of aliphatic hydroxyl groups is 1. The first-order valence-corrected chi connectivity index (χ1v) is 5.59. The number of hydrogen-bond donors (Lipinski definition) is 1. The van der Waals surface area contributed by atoms with E-state index in [1.807, 2.05) is 0 Å². The molecule has 1 aromatic rings. The van der Waals surface area contributed by atoms with Crippen LogP contribution in [0.5, 0.6) is 5.88 Å². The van der Waals surface area contributed by atoms with Gasteiger partial charge in [0.15, 0.2) is 0 Å². The van der Waals surface area contributed by atoms with Gasteiger partial charge in [0.25, 0.3) is 0 Å². The van der Waals surface area contributed by atoms with E-state index < -0.39 is 18.8 Å². The molecule has 0 spiro atoms. The molecule has 0 atom stereocenters. The van der Waals surface area contributed by atoms with Crippen molar-refractivity contribution < 1.29 is 23.0 Å². The third kappa shape index (κ3) is 3.63. The second-order valence-electron chi connectivity index (χ2n) is 2.72. The van der Waals surface area contributed by atoms with Crippen LogP contribution in [0.15, 0.2) is 6.07 Å². The van der Waals surface area contributed by atoms with Gasteiger partial charge in [-0.1, -0.05) is 0 Å². The standard InChI is InChI=1S/C8H6ClF3INO2/c9-2-5-6(13)1-4(3-15)14-7(5)16-8(10,11)12/h1,15H,2-3H2. The largest absolute Gasteiger partial charge is 0.574 e. The van der Waals surface area contributed by atoms with Crippen molar-refractivity contribution in [3.05, 3.63) is 20.9 Å². The zero-order valence-electron chi connectivity index (χ0n) is 7.68. The van der Waals surface area contributed by atoms with Crippen molar-refractivity contribution >= 4 is 34.2 Å². The smallest absolute Gasteiger partial charge is 0.390 e. The number of ether oxygens (including phenoxy) is 1. The number of nitrogens with zero attached hydrogens (tertiary/aromatic N) is 1. The van der Waals surface area contributed by atoms with Crippen LogP contribution in [0.25, 0.3) is 0 Å². The molecule has 0 fully saturated rings. The molecule has 1 N–H and O–H groups in total. The zero-order valence-corrected chi connectivity index (χ0v) is 10.6. The Labute approximate surface area is 108 Å². The highest BCUT2D eigenvalue weighted by Crippen LogP contribution is 2.29. The van der Waals surface area contributed by atoms with Crippen molar-refractivity contribution in [2.24, 2.45) is 0 Å². The molecule has 1 rings (SSSR count). The summed E-state index contributed by atoms with van der Waals surface area (Å²) in [5, 5.41) is 8.81. The molecule has 0 aliphatic rings. The van der Waals surface area contributed by atoms with Crippen molar-refractivity contribution in [2.75, 3.05) is 0 Å². The average molecular weight is 367 g/mol. The van der Waals surface area contributed by atoms with Crippen molar-refractivity contribution in [3.63, 3.8) is 0 Å². The maximum absolute atomic E-state index is 12.1. The lowest BCUT2D eigenvalue weighted by Gasteiger charge is -2.13. The molecule has 0 aliphatic carbocycles. The van der Waals surface area contributed by atoms with Gasteiger partial charge in [0.05, 0.1) is 18.2 Å². The molecule has 0 aliphatic heterocycles. The molecule has 0 unspecified atom stereocenters. The van der Waals surface area contributed by atoms with E-state index >= 15 is 0 Å². The van der Waals surface area contributed by atoms with Crippen molar-refractivity contribution in [2.45, 2.75) is 18.8 Å². The number of aromatic nitrogens is 1. The van der Waals surface area contributed by atoms with E-state index in [1.165, 1.54) is 6.07 Å². The van der Waals surface area contributed by atoms with Crippen LogP contribution in [0.1, 0.15) is 11.3 Å². The van der Waals surface area contributed by atoms with Gasteiger partial charge in [0, 0.05) is 9.13 Å². The van der Waals surface area contributed by atoms with Gasteiger partial charge in [-0.25, -0.2) is 4.98 Å². The van der Waals surface area contributed by atoms with Crippen LogP contribution in [0.3, 0.4) is 0 Å². The molecule has 0 saturated carbocycles. The summed E-state index contributed by atoms with van der Waals surface area (Å²) in [5.41, 5.74) is 0.245. The Morgan fingerprint density at radius 1 is 1.50 bits per heavy atom. The minimum absolute atomic E-state index is 0.0949. The second-order valence-corrected chi connectivity index (χ2v) is 4.15. The van der Waals surface area contributed by atoms with E-state index in [1.54, 1.807) is 22.6 Å². The van der Waals surface area contributed by atoms with Crippen LogP contribution in [-0.4, -0.2) is 16.5 Å². The number of hydrogen-bond acceptors (Lipinski definition) is 3. The predicted molar refractivity (Wildman–Crippen MR) is 59.1 cm³/mol. The Bertz CT molecular complexity index is 386. The van der Waals surface area contributed by atoms with Crippen molar-refractivity contribution in [1.29, 1.82) is 0 Å². The highest BCUT2D eigenvalue weighted by Gasteiger charge is 2.33. The summed E-state index contributed by atoms with van der Waals surface area (Å²) < 4.78 is 40.4. The average Bonchev–Trinajstić information content (AvgIpc) is 2.14. The van der Waals surface area contributed by atoms with Crippen LogP contribution in [-0.2, 0) is 12.5 Å². The predicted octanol–water partition coefficient (Wildman–Crippen LogP) is 2.82. The highest BCUT2D eigenvalue weighted by atomic mass is 127. The van der Waals surface area contributed by atoms with E-state index in [2.05, 4.69) is 9.72 Å². The summed E-state index contributed by atoms with van der Waals surface area (Å²) in [6.45, 7) is -0.465. The summed E-state index contributed by atoms with van der Waals surface area (Å²) in [4.78, 5) is 3.53. The van der Waals surface area contributed by atoms with Gasteiger partial charge in [-0.3, -0.25) is 0 Å². The van der Waals surface area contributed by atoms with E-state index in [4.69, 9.17) is 16.7 Å². The quantitative estimate of drug-likeness (QED) is 0.660. The summed E-state index contributed by atoms with van der Waals surface area (Å²) >= 11 is 7.31. The van der Waals surface area contributed by atoms with E-state index in [0.717, 1.165) is 0 Å². The van der Waals surface area contributed by atoms with Crippen LogP contribution in [0, 0.1) is 3.57 Å². The first-order valence-electron chi connectivity index (χ1n) is 3.98. The summed E-state index contributed by atoms with van der Waals surface area (Å²) in [6, 6.07) is 1.45. The molecular weight excluding hydrogens is 361 g/mol. The fourth-order valence-electron chi connectivity index (χ4n) is 0.962. The molecular formula is C8H6ClF3INO2. The van der Waals surface area contributed by atoms with Gasteiger partial charge in [0.2, 0.25) is 5.88 Å². The topological polar surface area (TPSA) is 42.4 Å². The summed E-state index contributed by atoms with van der Waals surface area (Å²) in [7, 11) is 0. The molecule has 8 heteroatoms. The molecule has 0 saturated heterocycles. The molecule has 90 valence electrons. The molecule has 0 radical (unpaired) electrons. The number of pyridine rings is 1. The van der Waals surface area contributed by atoms with E-state index in [-0.39, 0.29) is 17.1 Å². The second kappa shape index (κ2) is 5.37. The van der Waals surface area contributed by atoms with Gasteiger partial charge in [-0.2, -0.15) is 0 Å². The third-order valence-electron chi connectivity index (χ3n) is 1.59. The minimum atomic E-state index is -4.83. The van der Waals surface area contributed by atoms with Gasteiger partial charge in [-0.05, 0) is 28.7 Å². The highest BCUT2D eigenvalue weighted by molar-refractivity contribution is 14.1.